The smallest absolute Gasteiger partial charge is 0.130 e. The first-order valence-electron chi connectivity index (χ1n) is 6.73. The van der Waals surface area contributed by atoms with E-state index in [0.717, 1.165) is 45.1 Å². The van der Waals surface area contributed by atoms with Gasteiger partial charge in [-0.1, -0.05) is 12.1 Å². The van der Waals surface area contributed by atoms with Crippen molar-refractivity contribution in [3.8, 4) is 0 Å². The van der Waals surface area contributed by atoms with Crippen LogP contribution in [-0.2, 0) is 0 Å². The molecular weight excluding hydrogens is 246 g/mol. The van der Waals surface area contributed by atoms with E-state index in [2.05, 4.69) is 16.8 Å². The molecule has 0 radical (unpaired) electrons. The lowest BCUT2D eigenvalue weighted by molar-refractivity contribution is 0.163. The molecule has 0 spiro atoms. The van der Waals surface area contributed by atoms with Gasteiger partial charge in [0.25, 0.3) is 0 Å². The minimum atomic E-state index is -0.524. The molecule has 0 unspecified atom stereocenters. The van der Waals surface area contributed by atoms with Gasteiger partial charge in [-0.25, -0.2) is 8.78 Å². The summed E-state index contributed by atoms with van der Waals surface area (Å²) in [6.07, 6.45) is 3.48. The van der Waals surface area contributed by atoms with Crippen molar-refractivity contribution < 1.29 is 8.78 Å². The molecule has 19 heavy (non-hydrogen) atoms. The summed E-state index contributed by atoms with van der Waals surface area (Å²) in [7, 11) is 0. The SMILES string of the molecule is C=CCC[C@H](c1ccc(F)cc1F)N1CCNCC1. The lowest BCUT2D eigenvalue weighted by Crippen LogP contribution is -2.45. The van der Waals surface area contributed by atoms with Crippen LogP contribution in [0.5, 0.6) is 0 Å². The zero-order chi connectivity index (χ0) is 13.7. The summed E-state index contributed by atoms with van der Waals surface area (Å²) in [6, 6.07) is 3.88. The van der Waals surface area contributed by atoms with E-state index in [1.165, 1.54) is 6.07 Å². The average molecular weight is 266 g/mol. The Morgan fingerprint density at radius 2 is 2.05 bits per heavy atom. The highest BCUT2D eigenvalue weighted by molar-refractivity contribution is 5.22. The number of piperazine rings is 1. The number of rotatable bonds is 5. The quantitative estimate of drug-likeness (QED) is 0.824. The molecule has 0 saturated carbocycles. The maximum atomic E-state index is 14.0. The van der Waals surface area contributed by atoms with Crippen molar-refractivity contribution in [3.63, 3.8) is 0 Å². The third-order valence-electron chi connectivity index (χ3n) is 3.56. The molecular formula is C15H20F2N2. The first-order valence-corrected chi connectivity index (χ1v) is 6.73. The Morgan fingerprint density at radius 1 is 1.32 bits per heavy atom. The van der Waals surface area contributed by atoms with Crippen LogP contribution in [0.1, 0.15) is 24.4 Å². The standard InChI is InChI=1S/C15H20F2N2/c1-2-3-4-15(19-9-7-18-8-10-19)13-6-5-12(16)11-14(13)17/h2,5-6,11,15,18H,1,3-4,7-10H2/t15-/m1/s1. The van der Waals surface area contributed by atoms with Crippen molar-refractivity contribution in [3.05, 3.63) is 48.1 Å². The molecule has 1 fully saturated rings. The molecule has 2 rings (SSSR count). The molecule has 1 aliphatic heterocycles. The van der Waals surface area contributed by atoms with Crippen molar-refractivity contribution in [1.29, 1.82) is 0 Å². The van der Waals surface area contributed by atoms with E-state index in [1.54, 1.807) is 6.07 Å². The van der Waals surface area contributed by atoms with E-state index < -0.39 is 11.6 Å². The van der Waals surface area contributed by atoms with Gasteiger partial charge in [0.1, 0.15) is 11.6 Å². The number of hydrogen-bond acceptors (Lipinski definition) is 2. The van der Waals surface area contributed by atoms with Crippen LogP contribution in [0.3, 0.4) is 0 Å². The zero-order valence-electron chi connectivity index (χ0n) is 11.0. The fourth-order valence-corrected chi connectivity index (χ4v) is 2.58. The average Bonchev–Trinajstić information content (AvgIpc) is 2.42. The predicted octanol–water partition coefficient (Wildman–Crippen LogP) is 2.88. The lowest BCUT2D eigenvalue weighted by atomic mass is 9.99. The zero-order valence-corrected chi connectivity index (χ0v) is 11.0. The highest BCUT2D eigenvalue weighted by Gasteiger charge is 2.24. The van der Waals surface area contributed by atoms with E-state index in [0.29, 0.717) is 5.56 Å². The van der Waals surface area contributed by atoms with Crippen molar-refractivity contribution in [2.75, 3.05) is 26.2 Å². The van der Waals surface area contributed by atoms with Crippen LogP contribution < -0.4 is 5.32 Å². The molecule has 2 nitrogen and oxygen atoms in total. The van der Waals surface area contributed by atoms with Crippen LogP contribution in [0.4, 0.5) is 8.78 Å². The predicted molar refractivity (Wildman–Crippen MR) is 73.0 cm³/mol. The minimum absolute atomic E-state index is 0.000648. The normalized spacial score (nSPS) is 18.2. The van der Waals surface area contributed by atoms with Gasteiger partial charge in [-0.2, -0.15) is 0 Å². The summed E-state index contributed by atoms with van der Waals surface area (Å²) in [5.74, 6) is -0.975. The number of benzene rings is 1. The van der Waals surface area contributed by atoms with E-state index in [9.17, 15) is 8.78 Å². The number of allylic oxidation sites excluding steroid dienone is 1. The molecule has 0 aromatic heterocycles. The second-order valence-electron chi connectivity index (χ2n) is 4.83. The molecule has 104 valence electrons. The highest BCUT2D eigenvalue weighted by Crippen LogP contribution is 2.28. The summed E-state index contributed by atoms with van der Waals surface area (Å²) in [5.41, 5.74) is 0.588. The molecule has 1 N–H and O–H groups in total. The number of nitrogens with one attached hydrogen (secondary N) is 1. The topological polar surface area (TPSA) is 15.3 Å². The molecule has 0 bridgehead atoms. The largest absolute Gasteiger partial charge is 0.314 e. The van der Waals surface area contributed by atoms with Gasteiger partial charge in [0.2, 0.25) is 0 Å². The van der Waals surface area contributed by atoms with Gasteiger partial charge in [-0.15, -0.1) is 6.58 Å². The maximum absolute atomic E-state index is 14.0. The van der Waals surface area contributed by atoms with Crippen LogP contribution in [0.15, 0.2) is 30.9 Å². The monoisotopic (exact) mass is 266 g/mol. The first kappa shape index (κ1) is 14.2. The van der Waals surface area contributed by atoms with Gasteiger partial charge in [0.05, 0.1) is 0 Å². The van der Waals surface area contributed by atoms with Gasteiger partial charge < -0.3 is 5.32 Å². The van der Waals surface area contributed by atoms with Gasteiger partial charge in [0.15, 0.2) is 0 Å². The van der Waals surface area contributed by atoms with Gasteiger partial charge in [-0.05, 0) is 18.9 Å². The fourth-order valence-electron chi connectivity index (χ4n) is 2.58. The molecule has 1 saturated heterocycles. The number of nitrogens with zero attached hydrogens (tertiary/aromatic N) is 1. The molecule has 1 aromatic carbocycles. The molecule has 1 atom stereocenters. The van der Waals surface area contributed by atoms with Crippen LogP contribution in [0.25, 0.3) is 0 Å². The summed E-state index contributed by atoms with van der Waals surface area (Å²) in [5, 5.41) is 3.29. The third-order valence-corrected chi connectivity index (χ3v) is 3.56. The van der Waals surface area contributed by atoms with E-state index in [4.69, 9.17) is 0 Å². The summed E-state index contributed by atoms with van der Waals surface area (Å²) >= 11 is 0. The Balaban J connectivity index is 2.22. The van der Waals surface area contributed by atoms with Crippen molar-refractivity contribution in [2.45, 2.75) is 18.9 Å². The van der Waals surface area contributed by atoms with E-state index >= 15 is 0 Å². The Bertz CT molecular complexity index is 428. The maximum Gasteiger partial charge on any atom is 0.130 e. The third kappa shape index (κ3) is 3.61. The molecule has 0 aliphatic carbocycles. The van der Waals surface area contributed by atoms with Gasteiger partial charge >= 0.3 is 0 Å². The minimum Gasteiger partial charge on any atom is -0.314 e. The second-order valence-corrected chi connectivity index (χ2v) is 4.83. The summed E-state index contributed by atoms with van der Waals surface area (Å²) < 4.78 is 27.0. The van der Waals surface area contributed by atoms with Gasteiger partial charge in [-0.3, -0.25) is 4.90 Å². The van der Waals surface area contributed by atoms with Crippen molar-refractivity contribution >= 4 is 0 Å². The molecule has 1 aromatic rings. The highest BCUT2D eigenvalue weighted by atomic mass is 19.1. The van der Waals surface area contributed by atoms with Crippen LogP contribution in [0, 0.1) is 11.6 Å². The fraction of sp³-hybridized carbons (Fsp3) is 0.467. The Hall–Kier alpha value is -1.26. The molecule has 4 heteroatoms. The Kier molecular flexibility index (Phi) is 5.05. The van der Waals surface area contributed by atoms with Crippen LogP contribution in [-0.4, -0.2) is 31.1 Å². The summed E-state index contributed by atoms with van der Waals surface area (Å²) in [4.78, 5) is 2.26. The molecule has 1 aliphatic rings. The Labute approximate surface area is 113 Å². The lowest BCUT2D eigenvalue weighted by Gasteiger charge is -2.35. The number of hydrogen-bond donors (Lipinski definition) is 1. The van der Waals surface area contributed by atoms with Gasteiger partial charge in [0, 0.05) is 43.9 Å². The van der Waals surface area contributed by atoms with Crippen LogP contribution >= 0.6 is 0 Å². The number of halogens is 2. The first-order chi connectivity index (χ1) is 9.22. The van der Waals surface area contributed by atoms with Crippen molar-refractivity contribution in [2.24, 2.45) is 0 Å². The molecule has 1 heterocycles. The summed E-state index contributed by atoms with van der Waals surface area (Å²) in [6.45, 7) is 7.32. The second kappa shape index (κ2) is 6.78. The Morgan fingerprint density at radius 3 is 2.68 bits per heavy atom. The van der Waals surface area contributed by atoms with Crippen molar-refractivity contribution in [1.82, 2.24) is 10.2 Å². The molecule has 0 amide bonds. The van der Waals surface area contributed by atoms with E-state index in [1.807, 2.05) is 6.08 Å². The van der Waals surface area contributed by atoms with Crippen LogP contribution in [0.2, 0.25) is 0 Å². The van der Waals surface area contributed by atoms with E-state index in [-0.39, 0.29) is 6.04 Å².